The summed E-state index contributed by atoms with van der Waals surface area (Å²) < 4.78 is 5.18. The van der Waals surface area contributed by atoms with E-state index < -0.39 is 0 Å². The quantitative estimate of drug-likeness (QED) is 0.706. The van der Waals surface area contributed by atoms with E-state index in [9.17, 15) is 0 Å². The number of allylic oxidation sites excluding steroid dienone is 2. The maximum Gasteiger partial charge on any atom is 0.119 e. The lowest BCUT2D eigenvalue weighted by atomic mass is 9.92. The minimum absolute atomic E-state index is 0.836. The molecule has 0 heterocycles. The number of anilines is 1. The lowest BCUT2D eigenvalue weighted by Crippen LogP contribution is -2.09. The van der Waals surface area contributed by atoms with Gasteiger partial charge in [-0.15, -0.1) is 0 Å². The first-order chi connectivity index (χ1) is 11.8. The molecule has 0 aliphatic heterocycles. The highest BCUT2D eigenvalue weighted by molar-refractivity contribution is 6.12. The second-order valence-electron chi connectivity index (χ2n) is 5.80. The standard InChI is InChI=1S/C21H18N2O/c1-24-19-11-9-18(10-12-19)22-23-21-8-4-7-17-13-15-5-2-3-6-16(15)14-20(17)21/h2-6,8-14,22H,7H2,1H3. The van der Waals surface area contributed by atoms with Crippen molar-refractivity contribution < 1.29 is 4.74 Å². The first-order valence-corrected chi connectivity index (χ1v) is 8.00. The zero-order valence-corrected chi connectivity index (χ0v) is 13.5. The first-order valence-electron chi connectivity index (χ1n) is 8.00. The number of hydrazone groups is 1. The summed E-state index contributed by atoms with van der Waals surface area (Å²) in [5, 5.41) is 7.11. The van der Waals surface area contributed by atoms with E-state index in [1.807, 2.05) is 24.3 Å². The molecule has 1 aliphatic carbocycles. The van der Waals surface area contributed by atoms with Crippen LogP contribution in [0.3, 0.4) is 0 Å². The number of benzene rings is 3. The molecule has 4 rings (SSSR count). The van der Waals surface area contributed by atoms with Crippen molar-refractivity contribution in [1.82, 2.24) is 0 Å². The minimum Gasteiger partial charge on any atom is -0.497 e. The molecule has 0 unspecified atom stereocenters. The van der Waals surface area contributed by atoms with E-state index in [0.29, 0.717) is 0 Å². The van der Waals surface area contributed by atoms with Crippen molar-refractivity contribution in [1.29, 1.82) is 0 Å². The summed E-state index contributed by atoms with van der Waals surface area (Å²) in [6.45, 7) is 0. The fourth-order valence-corrected chi connectivity index (χ4v) is 2.97. The molecule has 1 aliphatic rings. The molecule has 0 atom stereocenters. The largest absolute Gasteiger partial charge is 0.497 e. The smallest absolute Gasteiger partial charge is 0.119 e. The molecule has 24 heavy (non-hydrogen) atoms. The van der Waals surface area contributed by atoms with E-state index in [2.05, 4.69) is 59.1 Å². The van der Waals surface area contributed by atoms with Crippen LogP contribution in [-0.2, 0) is 6.42 Å². The van der Waals surface area contributed by atoms with Crippen molar-refractivity contribution in [3.8, 4) is 5.75 Å². The van der Waals surface area contributed by atoms with Crippen molar-refractivity contribution in [3.05, 3.63) is 83.9 Å². The second kappa shape index (κ2) is 6.20. The Hall–Kier alpha value is -3.07. The molecule has 0 spiro atoms. The van der Waals surface area contributed by atoms with Crippen LogP contribution in [0.4, 0.5) is 5.69 Å². The Morgan fingerprint density at radius 3 is 2.46 bits per heavy atom. The normalized spacial score (nSPS) is 14.6. The van der Waals surface area contributed by atoms with Crippen LogP contribution in [0.5, 0.6) is 5.75 Å². The van der Waals surface area contributed by atoms with Gasteiger partial charge >= 0.3 is 0 Å². The first kappa shape index (κ1) is 14.5. The molecule has 0 radical (unpaired) electrons. The molecule has 0 amide bonds. The topological polar surface area (TPSA) is 33.6 Å². The molecule has 0 bridgehead atoms. The summed E-state index contributed by atoms with van der Waals surface area (Å²) in [7, 11) is 1.66. The number of rotatable bonds is 3. The number of methoxy groups -OCH3 is 1. The molecular weight excluding hydrogens is 296 g/mol. The molecule has 0 saturated heterocycles. The van der Waals surface area contributed by atoms with Crippen molar-refractivity contribution in [2.45, 2.75) is 6.42 Å². The van der Waals surface area contributed by atoms with E-state index in [1.165, 1.54) is 21.9 Å². The van der Waals surface area contributed by atoms with Crippen LogP contribution in [0.2, 0.25) is 0 Å². The SMILES string of the molecule is COc1ccc(NN=C2C=CCc3cc4ccccc4cc32)cc1. The Labute approximate surface area is 141 Å². The predicted octanol–water partition coefficient (Wildman–Crippen LogP) is 4.78. The zero-order valence-electron chi connectivity index (χ0n) is 13.5. The summed E-state index contributed by atoms with van der Waals surface area (Å²) in [5.41, 5.74) is 7.53. The number of ether oxygens (including phenoxy) is 1. The van der Waals surface area contributed by atoms with Gasteiger partial charge in [-0.3, -0.25) is 5.43 Å². The van der Waals surface area contributed by atoms with E-state index in [4.69, 9.17) is 4.74 Å². The molecule has 0 saturated carbocycles. The fourth-order valence-electron chi connectivity index (χ4n) is 2.97. The van der Waals surface area contributed by atoms with Crippen molar-refractivity contribution in [2.24, 2.45) is 5.10 Å². The van der Waals surface area contributed by atoms with E-state index >= 15 is 0 Å². The van der Waals surface area contributed by atoms with Gasteiger partial charge in [0.05, 0.1) is 18.5 Å². The summed E-state index contributed by atoms with van der Waals surface area (Å²) in [5.74, 6) is 0.836. The van der Waals surface area contributed by atoms with Crippen LogP contribution >= 0.6 is 0 Å². The maximum absolute atomic E-state index is 5.18. The number of fused-ring (bicyclic) bond motifs is 2. The van der Waals surface area contributed by atoms with Gasteiger partial charge in [0, 0.05) is 5.56 Å². The fraction of sp³-hybridized carbons (Fsp3) is 0.0952. The average Bonchev–Trinajstić information content (AvgIpc) is 2.65. The Balaban J connectivity index is 1.67. The zero-order chi connectivity index (χ0) is 16.4. The van der Waals surface area contributed by atoms with Gasteiger partial charge < -0.3 is 4.74 Å². The second-order valence-corrected chi connectivity index (χ2v) is 5.80. The molecule has 118 valence electrons. The van der Waals surface area contributed by atoms with Crippen LogP contribution in [0.15, 0.2) is 77.9 Å². The Morgan fingerprint density at radius 1 is 0.958 bits per heavy atom. The van der Waals surface area contributed by atoms with Gasteiger partial charge in [0.15, 0.2) is 0 Å². The molecule has 3 nitrogen and oxygen atoms in total. The molecular formula is C21H18N2O. The van der Waals surface area contributed by atoms with E-state index in [0.717, 1.165) is 23.6 Å². The molecule has 0 aromatic heterocycles. The Morgan fingerprint density at radius 2 is 1.71 bits per heavy atom. The molecule has 3 heteroatoms. The number of hydrogen-bond donors (Lipinski definition) is 1. The summed E-state index contributed by atoms with van der Waals surface area (Å²) in [6, 6.07) is 20.7. The van der Waals surface area contributed by atoms with Crippen LogP contribution in [0.25, 0.3) is 10.8 Å². The number of nitrogens with one attached hydrogen (secondary N) is 1. The minimum atomic E-state index is 0.836. The van der Waals surface area contributed by atoms with Gasteiger partial charge in [0.25, 0.3) is 0 Å². The van der Waals surface area contributed by atoms with Crippen molar-refractivity contribution in [3.63, 3.8) is 0 Å². The molecule has 0 fully saturated rings. The third kappa shape index (κ3) is 2.76. The highest BCUT2D eigenvalue weighted by Gasteiger charge is 2.12. The van der Waals surface area contributed by atoms with Gasteiger partial charge in [0.1, 0.15) is 5.75 Å². The van der Waals surface area contributed by atoms with Gasteiger partial charge in [-0.1, -0.05) is 36.4 Å². The van der Waals surface area contributed by atoms with Gasteiger partial charge in [0.2, 0.25) is 0 Å². The van der Waals surface area contributed by atoms with E-state index in [-0.39, 0.29) is 0 Å². The van der Waals surface area contributed by atoms with Gasteiger partial charge in [-0.2, -0.15) is 5.10 Å². The molecule has 1 N–H and O–H groups in total. The third-order valence-corrected chi connectivity index (χ3v) is 4.26. The lowest BCUT2D eigenvalue weighted by molar-refractivity contribution is 0.415. The third-order valence-electron chi connectivity index (χ3n) is 4.26. The predicted molar refractivity (Wildman–Crippen MR) is 99.9 cm³/mol. The van der Waals surface area contributed by atoms with E-state index in [1.54, 1.807) is 7.11 Å². The lowest BCUT2D eigenvalue weighted by Gasteiger charge is -2.15. The maximum atomic E-state index is 5.18. The van der Waals surface area contributed by atoms with Crippen LogP contribution in [0.1, 0.15) is 11.1 Å². The van der Waals surface area contributed by atoms with Gasteiger partial charge in [-0.05, 0) is 59.2 Å². The molecule has 3 aromatic carbocycles. The van der Waals surface area contributed by atoms with Crippen molar-refractivity contribution in [2.75, 3.05) is 12.5 Å². The monoisotopic (exact) mass is 314 g/mol. The van der Waals surface area contributed by atoms with Crippen molar-refractivity contribution >= 4 is 22.2 Å². The average molecular weight is 314 g/mol. The number of nitrogens with zero attached hydrogens (tertiary/aromatic N) is 1. The molecule has 3 aromatic rings. The highest BCUT2D eigenvalue weighted by atomic mass is 16.5. The van der Waals surface area contributed by atoms with Crippen LogP contribution in [0, 0.1) is 0 Å². The van der Waals surface area contributed by atoms with Crippen LogP contribution < -0.4 is 10.2 Å². The summed E-state index contributed by atoms with van der Waals surface area (Å²) in [4.78, 5) is 0. The summed E-state index contributed by atoms with van der Waals surface area (Å²) >= 11 is 0. The Kier molecular flexibility index (Phi) is 3.75. The van der Waals surface area contributed by atoms with Crippen LogP contribution in [-0.4, -0.2) is 12.8 Å². The highest BCUT2D eigenvalue weighted by Crippen LogP contribution is 2.25. The summed E-state index contributed by atoms with van der Waals surface area (Å²) in [6.07, 6.45) is 5.18. The number of hydrogen-bond acceptors (Lipinski definition) is 3. The Bertz CT molecular complexity index is 940. The van der Waals surface area contributed by atoms with Gasteiger partial charge in [-0.25, -0.2) is 0 Å².